The molecule has 140 valence electrons. The summed E-state index contributed by atoms with van der Waals surface area (Å²) in [5.74, 6) is -0.226. The first kappa shape index (κ1) is 18.0. The maximum atomic E-state index is 12.9. The molecule has 0 N–H and O–H groups in total. The highest BCUT2D eigenvalue weighted by Gasteiger charge is 2.25. The Hall–Kier alpha value is -3.38. The smallest absolute Gasteiger partial charge is 0.362 e. The lowest BCUT2D eigenvalue weighted by Gasteiger charge is -2.07. The Kier molecular flexibility index (Phi) is 4.49. The quantitative estimate of drug-likeness (QED) is 0.635. The van der Waals surface area contributed by atoms with Crippen LogP contribution in [0.4, 0.5) is 5.69 Å². The average molecular weight is 394 g/mol. The predicted molar refractivity (Wildman–Crippen MR) is 108 cm³/mol. The van der Waals surface area contributed by atoms with Crippen molar-refractivity contribution in [2.75, 3.05) is 0 Å². The molecule has 0 radical (unpaired) electrons. The molecule has 0 fully saturated rings. The number of halogens is 1. The Labute approximate surface area is 165 Å². The maximum absolute atomic E-state index is 12.9. The van der Waals surface area contributed by atoms with E-state index >= 15 is 0 Å². The molecular weight excluding hydrogens is 378 g/mol. The maximum Gasteiger partial charge on any atom is 0.362 e. The molecule has 0 spiro atoms. The molecule has 0 saturated heterocycles. The molecule has 1 aromatic heterocycles. The van der Waals surface area contributed by atoms with E-state index in [4.69, 9.17) is 16.3 Å². The summed E-state index contributed by atoms with van der Waals surface area (Å²) in [6.45, 7) is 1.78. The van der Waals surface area contributed by atoms with Crippen molar-refractivity contribution >= 4 is 34.7 Å². The predicted octanol–water partition coefficient (Wildman–Crippen LogP) is 3.81. The second kappa shape index (κ2) is 6.98. The van der Waals surface area contributed by atoms with E-state index in [1.165, 1.54) is 10.8 Å². The van der Waals surface area contributed by atoms with Crippen molar-refractivity contribution < 1.29 is 9.53 Å². The van der Waals surface area contributed by atoms with Crippen LogP contribution in [0.1, 0.15) is 11.3 Å². The number of benzene rings is 2. The van der Waals surface area contributed by atoms with Crippen LogP contribution >= 0.6 is 11.6 Å². The molecule has 0 atom stereocenters. The topological polar surface area (TPSA) is 65.6 Å². The number of ether oxygens (including phenoxy) is 1. The number of nitrogens with zero attached hydrogens (tertiary/aromatic N) is 3. The molecule has 6 nitrogen and oxygen atoms in total. The van der Waals surface area contributed by atoms with Gasteiger partial charge in [-0.3, -0.25) is 9.48 Å². The molecule has 0 saturated carbocycles. The third-order valence-corrected chi connectivity index (χ3v) is 4.82. The molecule has 3 aromatic rings. The third-order valence-electron chi connectivity index (χ3n) is 4.56. The van der Waals surface area contributed by atoms with Gasteiger partial charge in [-0.15, -0.1) is 0 Å². The molecule has 4 rings (SSSR count). The van der Waals surface area contributed by atoms with Crippen molar-refractivity contribution in [1.29, 1.82) is 0 Å². The zero-order valence-corrected chi connectivity index (χ0v) is 16.0. The summed E-state index contributed by atoms with van der Waals surface area (Å²) < 4.78 is 8.53. The zero-order chi connectivity index (χ0) is 19.8. The van der Waals surface area contributed by atoms with Gasteiger partial charge in [-0.25, -0.2) is 14.5 Å². The van der Waals surface area contributed by atoms with E-state index in [1.54, 1.807) is 42.9 Å². The van der Waals surface area contributed by atoms with Gasteiger partial charge in [0.2, 0.25) is 0 Å². The van der Waals surface area contributed by atoms with Gasteiger partial charge in [0.05, 0.1) is 11.4 Å². The standard InChI is InChI=1S/C21H16ClN3O3/c1-13-19(20(26)25(24(13)2)16-6-4-3-5-7-16)23-17-12-18(28-21(17)27)14-8-10-15(22)11-9-14/h3-12H,1-2H3. The molecule has 0 bridgehead atoms. The van der Waals surface area contributed by atoms with E-state index in [0.717, 1.165) is 5.69 Å². The van der Waals surface area contributed by atoms with Gasteiger partial charge < -0.3 is 4.74 Å². The van der Waals surface area contributed by atoms with Crippen molar-refractivity contribution in [2.45, 2.75) is 6.92 Å². The van der Waals surface area contributed by atoms with E-state index < -0.39 is 5.97 Å². The summed E-state index contributed by atoms with van der Waals surface area (Å²) in [6.07, 6.45) is 1.53. The molecule has 0 aliphatic carbocycles. The summed E-state index contributed by atoms with van der Waals surface area (Å²) >= 11 is 5.90. The highest BCUT2D eigenvalue weighted by molar-refractivity contribution is 6.46. The van der Waals surface area contributed by atoms with Crippen molar-refractivity contribution in [3.8, 4) is 5.69 Å². The van der Waals surface area contributed by atoms with Crippen molar-refractivity contribution in [1.82, 2.24) is 9.36 Å². The number of carbonyl (C=O) groups is 1. The summed E-state index contributed by atoms with van der Waals surface area (Å²) in [4.78, 5) is 29.5. The summed E-state index contributed by atoms with van der Waals surface area (Å²) in [5, 5.41) is 0.587. The normalized spacial score (nSPS) is 15.0. The van der Waals surface area contributed by atoms with Crippen molar-refractivity contribution in [2.24, 2.45) is 12.0 Å². The molecule has 2 aromatic carbocycles. The van der Waals surface area contributed by atoms with Crippen LogP contribution in [0.2, 0.25) is 5.02 Å². The second-order valence-corrected chi connectivity index (χ2v) is 6.75. The number of hydrogen-bond acceptors (Lipinski definition) is 4. The van der Waals surface area contributed by atoms with E-state index in [0.29, 0.717) is 22.0 Å². The van der Waals surface area contributed by atoms with Crippen LogP contribution in [0.5, 0.6) is 0 Å². The molecule has 1 aliphatic heterocycles. The molecule has 7 heteroatoms. The fourth-order valence-corrected chi connectivity index (χ4v) is 3.13. The lowest BCUT2D eigenvalue weighted by Crippen LogP contribution is -2.19. The third kappa shape index (κ3) is 3.08. The highest BCUT2D eigenvalue weighted by Crippen LogP contribution is 2.25. The first-order valence-electron chi connectivity index (χ1n) is 8.58. The summed E-state index contributed by atoms with van der Waals surface area (Å²) in [6, 6.07) is 16.2. The molecular formula is C21H16ClN3O3. The number of aromatic nitrogens is 2. The van der Waals surface area contributed by atoms with Gasteiger partial charge in [0.25, 0.3) is 5.56 Å². The lowest BCUT2D eigenvalue weighted by molar-refractivity contribution is -0.128. The summed E-state index contributed by atoms with van der Waals surface area (Å²) in [5.41, 5.74) is 2.04. The fourth-order valence-electron chi connectivity index (χ4n) is 3.00. The van der Waals surface area contributed by atoms with Gasteiger partial charge in [0.1, 0.15) is 5.76 Å². The molecule has 2 heterocycles. The van der Waals surface area contributed by atoms with Gasteiger partial charge in [-0.2, -0.15) is 0 Å². The molecule has 0 amide bonds. The van der Waals surface area contributed by atoms with Gasteiger partial charge in [0, 0.05) is 23.7 Å². The number of rotatable bonds is 3. The van der Waals surface area contributed by atoms with Crippen LogP contribution in [-0.2, 0) is 16.6 Å². The van der Waals surface area contributed by atoms with Crippen LogP contribution in [0.25, 0.3) is 11.4 Å². The van der Waals surface area contributed by atoms with Crippen LogP contribution in [0, 0.1) is 6.92 Å². The molecule has 0 unspecified atom stereocenters. The van der Waals surface area contributed by atoms with Crippen LogP contribution in [0.15, 0.2) is 70.5 Å². The summed E-state index contributed by atoms with van der Waals surface area (Å²) in [7, 11) is 1.77. The van der Waals surface area contributed by atoms with Gasteiger partial charge in [0.15, 0.2) is 11.4 Å². The minimum Gasteiger partial charge on any atom is -0.421 e. The van der Waals surface area contributed by atoms with Gasteiger partial charge >= 0.3 is 5.97 Å². The molecule has 28 heavy (non-hydrogen) atoms. The largest absolute Gasteiger partial charge is 0.421 e. The minimum atomic E-state index is -0.598. The number of cyclic esters (lactones) is 1. The lowest BCUT2D eigenvalue weighted by atomic mass is 10.2. The van der Waals surface area contributed by atoms with Crippen LogP contribution in [-0.4, -0.2) is 21.0 Å². The van der Waals surface area contributed by atoms with Crippen molar-refractivity contribution in [3.63, 3.8) is 0 Å². The Morgan fingerprint density at radius 1 is 1.00 bits per heavy atom. The van der Waals surface area contributed by atoms with E-state index in [-0.39, 0.29) is 17.0 Å². The first-order chi connectivity index (χ1) is 13.5. The van der Waals surface area contributed by atoms with E-state index in [1.807, 2.05) is 30.3 Å². The van der Waals surface area contributed by atoms with Crippen LogP contribution < -0.4 is 5.56 Å². The van der Waals surface area contributed by atoms with Gasteiger partial charge in [-0.1, -0.05) is 29.8 Å². The zero-order valence-electron chi connectivity index (χ0n) is 15.2. The molecule has 1 aliphatic rings. The number of aliphatic imine (C=N–C) groups is 1. The Balaban J connectivity index is 1.78. The van der Waals surface area contributed by atoms with Gasteiger partial charge in [-0.05, 0) is 43.3 Å². The monoisotopic (exact) mass is 393 g/mol. The Morgan fingerprint density at radius 2 is 1.68 bits per heavy atom. The first-order valence-corrected chi connectivity index (χ1v) is 8.96. The highest BCUT2D eigenvalue weighted by atomic mass is 35.5. The number of carbonyl (C=O) groups excluding carboxylic acids is 1. The number of esters is 1. The Morgan fingerprint density at radius 3 is 2.36 bits per heavy atom. The second-order valence-electron chi connectivity index (χ2n) is 6.31. The minimum absolute atomic E-state index is 0.0796. The number of para-hydroxylation sites is 1. The SMILES string of the molecule is Cc1c(N=C2C=C(c3ccc(Cl)cc3)OC2=O)c(=O)n(-c2ccccc2)n1C. The van der Waals surface area contributed by atoms with E-state index in [2.05, 4.69) is 4.99 Å². The van der Waals surface area contributed by atoms with Crippen molar-refractivity contribution in [3.05, 3.63) is 87.3 Å². The average Bonchev–Trinajstić information content (AvgIpc) is 3.16. The Bertz CT molecular complexity index is 1190. The number of hydrogen-bond donors (Lipinski definition) is 0. The van der Waals surface area contributed by atoms with E-state index in [9.17, 15) is 9.59 Å². The fraction of sp³-hybridized carbons (Fsp3) is 0.0952. The van der Waals surface area contributed by atoms with Crippen LogP contribution in [0.3, 0.4) is 0 Å².